The molecule has 2 atom stereocenters. The van der Waals surface area contributed by atoms with Crippen molar-refractivity contribution in [1.29, 1.82) is 0 Å². The molecule has 0 radical (unpaired) electrons. The van der Waals surface area contributed by atoms with Crippen molar-refractivity contribution in [1.82, 2.24) is 0 Å². The zero-order chi connectivity index (χ0) is 18.4. The summed E-state index contributed by atoms with van der Waals surface area (Å²) in [4.78, 5) is 6.13. The van der Waals surface area contributed by atoms with Crippen LogP contribution >= 0.6 is 11.8 Å². The standard InChI is InChI=1S/C23H18FNOS/c1-14-6-8-15(9-7-14)23-18-13-26-20-11-10-16(24)12-17(20)22(18)25-19-4-2-3-5-21(19)27-23/h2-12,18,23H,13H2,1H3. The Hall–Kier alpha value is -2.59. The molecule has 0 saturated carbocycles. The average molecular weight is 375 g/mol. The van der Waals surface area contributed by atoms with E-state index in [9.17, 15) is 4.39 Å². The van der Waals surface area contributed by atoms with Crippen molar-refractivity contribution < 1.29 is 9.13 Å². The van der Waals surface area contributed by atoms with E-state index in [1.807, 2.05) is 30.0 Å². The molecule has 2 nitrogen and oxygen atoms in total. The molecule has 134 valence electrons. The minimum absolute atomic E-state index is 0.0550. The quantitative estimate of drug-likeness (QED) is 0.512. The number of ether oxygens (including phenoxy) is 1. The Bertz CT molecular complexity index is 1040. The van der Waals surface area contributed by atoms with E-state index in [4.69, 9.17) is 9.73 Å². The molecule has 5 rings (SSSR count). The molecule has 2 unspecified atom stereocenters. The van der Waals surface area contributed by atoms with Gasteiger partial charge in [0.1, 0.15) is 11.6 Å². The number of hydrogen-bond donors (Lipinski definition) is 0. The monoisotopic (exact) mass is 375 g/mol. The minimum atomic E-state index is -0.266. The predicted octanol–water partition coefficient (Wildman–Crippen LogP) is 6.11. The first kappa shape index (κ1) is 16.6. The Kier molecular flexibility index (Phi) is 4.01. The highest BCUT2D eigenvalue weighted by molar-refractivity contribution is 7.99. The van der Waals surface area contributed by atoms with Crippen LogP contribution in [0.15, 0.2) is 76.6 Å². The number of hydrogen-bond acceptors (Lipinski definition) is 3. The summed E-state index contributed by atoms with van der Waals surface area (Å²) in [5.41, 5.74) is 5.09. The number of nitrogens with zero attached hydrogens (tertiary/aromatic N) is 1. The van der Waals surface area contributed by atoms with Crippen LogP contribution in [-0.4, -0.2) is 12.3 Å². The van der Waals surface area contributed by atoms with Crippen LogP contribution < -0.4 is 4.74 Å². The normalized spacial score (nSPS) is 20.4. The fourth-order valence-corrected chi connectivity index (χ4v) is 5.04. The maximum atomic E-state index is 14.0. The van der Waals surface area contributed by atoms with Gasteiger partial charge in [0, 0.05) is 15.7 Å². The average Bonchev–Trinajstić information content (AvgIpc) is 2.85. The summed E-state index contributed by atoms with van der Waals surface area (Å²) in [7, 11) is 0. The van der Waals surface area contributed by atoms with Gasteiger partial charge in [-0.1, -0.05) is 42.0 Å². The number of para-hydroxylation sites is 1. The van der Waals surface area contributed by atoms with Crippen LogP contribution in [0, 0.1) is 18.7 Å². The molecule has 3 aromatic carbocycles. The van der Waals surface area contributed by atoms with Gasteiger partial charge in [0.15, 0.2) is 0 Å². The lowest BCUT2D eigenvalue weighted by Gasteiger charge is -2.31. The van der Waals surface area contributed by atoms with Crippen LogP contribution in [0.5, 0.6) is 5.75 Å². The first-order valence-electron chi connectivity index (χ1n) is 9.02. The van der Waals surface area contributed by atoms with Crippen LogP contribution in [0.2, 0.25) is 0 Å². The molecule has 0 aromatic heterocycles. The highest BCUT2D eigenvalue weighted by atomic mass is 32.2. The molecule has 27 heavy (non-hydrogen) atoms. The number of fused-ring (bicyclic) bond motifs is 4. The van der Waals surface area contributed by atoms with Crippen LogP contribution in [0.4, 0.5) is 10.1 Å². The van der Waals surface area contributed by atoms with Gasteiger partial charge in [-0.25, -0.2) is 4.39 Å². The number of thioether (sulfide) groups is 1. The number of halogens is 1. The highest BCUT2D eigenvalue weighted by Gasteiger charge is 2.37. The lowest BCUT2D eigenvalue weighted by Crippen LogP contribution is -2.32. The third kappa shape index (κ3) is 2.94. The van der Waals surface area contributed by atoms with Crippen LogP contribution in [0.25, 0.3) is 0 Å². The Balaban J connectivity index is 1.71. The van der Waals surface area contributed by atoms with Gasteiger partial charge in [-0.15, -0.1) is 11.8 Å². The van der Waals surface area contributed by atoms with Crippen molar-refractivity contribution in [3.8, 4) is 5.75 Å². The van der Waals surface area contributed by atoms with Gasteiger partial charge in [0.25, 0.3) is 0 Å². The summed E-state index contributed by atoms with van der Waals surface area (Å²) in [5.74, 6) is 0.496. The van der Waals surface area contributed by atoms with Gasteiger partial charge in [-0.05, 0) is 42.8 Å². The Morgan fingerprint density at radius 1 is 1.04 bits per heavy atom. The van der Waals surface area contributed by atoms with Crippen molar-refractivity contribution in [2.75, 3.05) is 6.61 Å². The smallest absolute Gasteiger partial charge is 0.128 e. The summed E-state index contributed by atoms with van der Waals surface area (Å²) in [6.45, 7) is 2.63. The van der Waals surface area contributed by atoms with Gasteiger partial charge >= 0.3 is 0 Å². The summed E-state index contributed by atoms with van der Waals surface area (Å²) >= 11 is 1.81. The van der Waals surface area contributed by atoms with Gasteiger partial charge < -0.3 is 4.74 Å². The predicted molar refractivity (Wildman–Crippen MR) is 108 cm³/mol. The van der Waals surface area contributed by atoms with E-state index in [1.54, 1.807) is 12.1 Å². The summed E-state index contributed by atoms with van der Waals surface area (Å²) in [6.07, 6.45) is 0. The van der Waals surface area contributed by atoms with E-state index in [1.165, 1.54) is 17.2 Å². The number of benzene rings is 3. The molecule has 4 heteroatoms. The molecule has 2 aliphatic rings. The number of aryl methyl sites for hydroxylation is 1. The largest absolute Gasteiger partial charge is 0.492 e. The van der Waals surface area contributed by atoms with Crippen LogP contribution in [-0.2, 0) is 0 Å². The molecule has 0 amide bonds. The second-order valence-corrected chi connectivity index (χ2v) is 8.16. The van der Waals surface area contributed by atoms with Crippen LogP contribution in [0.3, 0.4) is 0 Å². The first-order valence-corrected chi connectivity index (χ1v) is 9.90. The third-order valence-electron chi connectivity index (χ3n) is 5.12. The minimum Gasteiger partial charge on any atom is -0.492 e. The van der Waals surface area contributed by atoms with Gasteiger partial charge in [0.05, 0.1) is 23.9 Å². The Labute approximate surface area is 162 Å². The third-order valence-corrected chi connectivity index (χ3v) is 6.57. The molecule has 0 saturated heterocycles. The zero-order valence-electron chi connectivity index (χ0n) is 14.9. The van der Waals surface area contributed by atoms with E-state index in [2.05, 4.69) is 37.3 Å². The molecule has 3 aromatic rings. The maximum Gasteiger partial charge on any atom is 0.128 e. The molecular weight excluding hydrogens is 357 g/mol. The lowest BCUT2D eigenvalue weighted by molar-refractivity contribution is 0.271. The van der Waals surface area contributed by atoms with Crippen LogP contribution in [0.1, 0.15) is 21.9 Å². The van der Waals surface area contributed by atoms with E-state index in [0.717, 1.165) is 21.9 Å². The van der Waals surface area contributed by atoms with Crippen molar-refractivity contribution in [3.63, 3.8) is 0 Å². The molecule has 0 fully saturated rings. The second-order valence-electron chi connectivity index (χ2n) is 6.97. The number of aliphatic imine (C=N–C) groups is 1. The zero-order valence-corrected chi connectivity index (χ0v) is 15.7. The fourth-order valence-electron chi connectivity index (χ4n) is 3.71. The molecular formula is C23H18FNOS. The summed E-state index contributed by atoms with van der Waals surface area (Å²) < 4.78 is 20.0. The lowest BCUT2D eigenvalue weighted by atomic mass is 9.88. The number of rotatable bonds is 1. The molecule has 0 aliphatic carbocycles. The Morgan fingerprint density at radius 2 is 1.85 bits per heavy atom. The molecule has 0 N–H and O–H groups in total. The van der Waals surface area contributed by atoms with E-state index in [-0.39, 0.29) is 17.0 Å². The molecule has 0 bridgehead atoms. The SMILES string of the molecule is Cc1ccc(C2Sc3ccccc3N=C3c4cc(F)ccc4OCC32)cc1. The van der Waals surface area contributed by atoms with Crippen molar-refractivity contribution in [2.24, 2.45) is 10.9 Å². The highest BCUT2D eigenvalue weighted by Crippen LogP contribution is 2.50. The second kappa shape index (κ2) is 6.54. The fraction of sp³-hybridized carbons (Fsp3) is 0.174. The molecule has 2 heterocycles. The molecule has 2 aliphatic heterocycles. The summed E-state index contributed by atoms with van der Waals surface area (Å²) in [5, 5.41) is 0.157. The van der Waals surface area contributed by atoms with E-state index >= 15 is 0 Å². The molecule has 0 spiro atoms. The van der Waals surface area contributed by atoms with Crippen molar-refractivity contribution in [3.05, 3.63) is 89.2 Å². The topological polar surface area (TPSA) is 21.6 Å². The van der Waals surface area contributed by atoms with Crippen molar-refractivity contribution >= 4 is 23.2 Å². The maximum absolute atomic E-state index is 14.0. The van der Waals surface area contributed by atoms with Gasteiger partial charge in [-0.3, -0.25) is 4.99 Å². The first-order chi connectivity index (χ1) is 13.2. The van der Waals surface area contributed by atoms with E-state index < -0.39 is 0 Å². The van der Waals surface area contributed by atoms with Crippen molar-refractivity contribution in [2.45, 2.75) is 17.1 Å². The Morgan fingerprint density at radius 3 is 2.70 bits per heavy atom. The summed E-state index contributed by atoms with van der Waals surface area (Å²) in [6, 6.07) is 21.5. The van der Waals surface area contributed by atoms with Gasteiger partial charge in [-0.2, -0.15) is 0 Å². The van der Waals surface area contributed by atoms with Gasteiger partial charge in [0.2, 0.25) is 0 Å². The van der Waals surface area contributed by atoms with E-state index in [0.29, 0.717) is 12.4 Å².